The summed E-state index contributed by atoms with van der Waals surface area (Å²) in [4.78, 5) is 37.3. The van der Waals surface area contributed by atoms with Crippen LogP contribution < -0.4 is 15.5 Å². The highest BCUT2D eigenvalue weighted by atomic mass is 35.5. The van der Waals surface area contributed by atoms with Crippen LogP contribution in [0.5, 0.6) is 5.75 Å². The van der Waals surface area contributed by atoms with Gasteiger partial charge in [0.05, 0.1) is 16.8 Å². The molecule has 0 aliphatic heterocycles. The zero-order valence-electron chi connectivity index (χ0n) is 19.2. The summed E-state index contributed by atoms with van der Waals surface area (Å²) in [6.45, 7) is 0. The number of carbonyl (C=O) groups excluding carboxylic acids is 3. The predicted molar refractivity (Wildman–Crippen MR) is 144 cm³/mol. The van der Waals surface area contributed by atoms with Gasteiger partial charge in [0, 0.05) is 27.4 Å². The summed E-state index contributed by atoms with van der Waals surface area (Å²) in [7, 11) is 0. The van der Waals surface area contributed by atoms with Crippen molar-refractivity contribution in [3.8, 4) is 5.75 Å². The van der Waals surface area contributed by atoms with E-state index in [1.807, 2.05) is 6.07 Å². The number of halogens is 2. The third kappa shape index (κ3) is 6.82. The lowest BCUT2D eigenvalue weighted by Crippen LogP contribution is -2.18. The van der Waals surface area contributed by atoms with Crippen LogP contribution in [0.4, 0.5) is 5.69 Å². The fourth-order valence-corrected chi connectivity index (χ4v) is 3.70. The first kappa shape index (κ1) is 25.6. The Kier molecular flexibility index (Phi) is 8.30. The van der Waals surface area contributed by atoms with Crippen LogP contribution in [0.25, 0.3) is 0 Å². The van der Waals surface area contributed by atoms with Gasteiger partial charge in [-0.25, -0.2) is 10.2 Å². The quantitative estimate of drug-likeness (QED) is 0.128. The standard InChI is InChI=1S/C28H19Cl2N3O4/c29-21-12-15-23(24(30)16-21)28(36)37-25-9-5-4-8-20(25)17-31-33-27(35)19-10-13-22(14-11-19)32-26(34)18-6-2-1-3-7-18/h1-17H,(H,32,34)(H,33,35)/b31-17-. The first-order valence-corrected chi connectivity index (χ1v) is 11.7. The number of rotatable bonds is 7. The largest absolute Gasteiger partial charge is 0.422 e. The Morgan fingerprint density at radius 2 is 1.43 bits per heavy atom. The van der Waals surface area contributed by atoms with Gasteiger partial charge in [-0.3, -0.25) is 9.59 Å². The van der Waals surface area contributed by atoms with Gasteiger partial charge < -0.3 is 10.1 Å². The highest BCUT2D eigenvalue weighted by Gasteiger charge is 2.15. The number of anilines is 1. The number of carbonyl (C=O) groups is 3. The summed E-state index contributed by atoms with van der Waals surface area (Å²) >= 11 is 12.0. The van der Waals surface area contributed by atoms with Crippen LogP contribution in [0.15, 0.2) is 102 Å². The topological polar surface area (TPSA) is 96.9 Å². The number of nitrogens with one attached hydrogen (secondary N) is 2. The second kappa shape index (κ2) is 12.0. The first-order chi connectivity index (χ1) is 17.9. The molecule has 0 aromatic heterocycles. The fraction of sp³-hybridized carbons (Fsp3) is 0. The SMILES string of the molecule is O=C(N/N=C\c1ccccc1OC(=O)c1ccc(Cl)cc1Cl)c1ccc(NC(=O)c2ccccc2)cc1. The van der Waals surface area contributed by atoms with E-state index < -0.39 is 11.9 Å². The van der Waals surface area contributed by atoms with Gasteiger partial charge in [0.25, 0.3) is 11.8 Å². The number of ether oxygens (including phenoxy) is 1. The van der Waals surface area contributed by atoms with Crippen molar-refractivity contribution in [2.75, 3.05) is 5.32 Å². The molecule has 0 atom stereocenters. The second-order valence-electron chi connectivity index (χ2n) is 7.65. The maximum absolute atomic E-state index is 12.6. The molecule has 0 fully saturated rings. The summed E-state index contributed by atoms with van der Waals surface area (Å²) in [6.07, 6.45) is 1.36. The number of nitrogens with zero attached hydrogens (tertiary/aromatic N) is 1. The van der Waals surface area contributed by atoms with Crippen molar-refractivity contribution in [1.29, 1.82) is 0 Å². The van der Waals surface area contributed by atoms with Crippen molar-refractivity contribution >= 4 is 52.9 Å². The Morgan fingerprint density at radius 3 is 2.16 bits per heavy atom. The van der Waals surface area contributed by atoms with Gasteiger partial charge in [-0.05, 0) is 66.7 Å². The van der Waals surface area contributed by atoms with E-state index in [0.717, 1.165) is 0 Å². The molecule has 0 bridgehead atoms. The van der Waals surface area contributed by atoms with E-state index >= 15 is 0 Å². The summed E-state index contributed by atoms with van der Waals surface area (Å²) in [5, 5.41) is 7.31. The van der Waals surface area contributed by atoms with Crippen molar-refractivity contribution in [1.82, 2.24) is 5.43 Å². The Hall–Kier alpha value is -4.46. The van der Waals surface area contributed by atoms with Gasteiger partial charge in [-0.1, -0.05) is 53.5 Å². The summed E-state index contributed by atoms with van der Waals surface area (Å²) in [6, 6.07) is 26.3. The molecule has 7 nitrogen and oxygen atoms in total. The molecule has 0 heterocycles. The highest BCUT2D eigenvalue weighted by Crippen LogP contribution is 2.24. The number of esters is 1. The smallest absolute Gasteiger partial charge is 0.345 e. The molecule has 4 aromatic rings. The van der Waals surface area contributed by atoms with Crippen molar-refractivity contribution in [3.05, 3.63) is 129 Å². The molecule has 0 radical (unpaired) electrons. The zero-order valence-corrected chi connectivity index (χ0v) is 20.7. The maximum atomic E-state index is 12.6. The van der Waals surface area contributed by atoms with E-state index in [2.05, 4.69) is 15.8 Å². The van der Waals surface area contributed by atoms with Crippen LogP contribution in [0.1, 0.15) is 36.6 Å². The third-order valence-corrected chi connectivity index (χ3v) is 5.63. The Balaban J connectivity index is 1.37. The summed E-state index contributed by atoms with van der Waals surface area (Å²) in [5.41, 5.74) is 4.46. The minimum Gasteiger partial charge on any atom is -0.422 e. The molecule has 0 aliphatic carbocycles. The van der Waals surface area contributed by atoms with E-state index in [-0.39, 0.29) is 22.2 Å². The number of amides is 2. The van der Waals surface area contributed by atoms with Gasteiger partial charge in [0.15, 0.2) is 0 Å². The van der Waals surface area contributed by atoms with Gasteiger partial charge in [-0.15, -0.1) is 0 Å². The lowest BCUT2D eigenvalue weighted by atomic mass is 10.1. The molecule has 2 amide bonds. The number of para-hydroxylation sites is 1. The molecule has 4 aromatic carbocycles. The summed E-state index contributed by atoms with van der Waals surface area (Å²) < 4.78 is 5.47. The van der Waals surface area contributed by atoms with Gasteiger partial charge >= 0.3 is 5.97 Å². The van der Waals surface area contributed by atoms with E-state index in [0.29, 0.717) is 27.4 Å². The molecule has 0 unspecified atom stereocenters. The molecule has 4 rings (SSSR count). The highest BCUT2D eigenvalue weighted by molar-refractivity contribution is 6.36. The molecule has 37 heavy (non-hydrogen) atoms. The normalized spacial score (nSPS) is 10.6. The lowest BCUT2D eigenvalue weighted by Gasteiger charge is -2.08. The first-order valence-electron chi connectivity index (χ1n) is 11.0. The summed E-state index contributed by atoms with van der Waals surface area (Å²) in [5.74, 6) is -1.14. The van der Waals surface area contributed by atoms with Crippen LogP contribution in [0.2, 0.25) is 10.0 Å². The average molecular weight is 532 g/mol. The molecular weight excluding hydrogens is 513 g/mol. The average Bonchev–Trinajstić information content (AvgIpc) is 2.90. The van der Waals surface area contributed by atoms with Crippen molar-refractivity contribution in [2.45, 2.75) is 0 Å². The monoisotopic (exact) mass is 531 g/mol. The van der Waals surface area contributed by atoms with Gasteiger partial charge in [0.1, 0.15) is 5.75 Å². The zero-order chi connectivity index (χ0) is 26.2. The number of hydrogen-bond donors (Lipinski definition) is 2. The Bertz CT molecular complexity index is 1470. The fourth-order valence-electron chi connectivity index (χ4n) is 3.21. The Morgan fingerprint density at radius 1 is 0.757 bits per heavy atom. The number of hydrazone groups is 1. The molecule has 0 aliphatic rings. The van der Waals surface area contributed by atoms with Crippen LogP contribution in [0, 0.1) is 0 Å². The molecule has 0 saturated heterocycles. The van der Waals surface area contributed by atoms with Crippen LogP contribution >= 0.6 is 23.2 Å². The van der Waals surface area contributed by atoms with Crippen LogP contribution in [-0.4, -0.2) is 24.0 Å². The minimum absolute atomic E-state index is 0.162. The lowest BCUT2D eigenvalue weighted by molar-refractivity contribution is 0.0734. The molecule has 9 heteroatoms. The predicted octanol–water partition coefficient (Wildman–Crippen LogP) is 6.23. The number of benzene rings is 4. The third-order valence-electron chi connectivity index (χ3n) is 5.08. The van der Waals surface area contributed by atoms with Crippen LogP contribution in [0.3, 0.4) is 0 Å². The van der Waals surface area contributed by atoms with E-state index in [1.54, 1.807) is 72.8 Å². The van der Waals surface area contributed by atoms with Gasteiger partial charge in [0.2, 0.25) is 0 Å². The maximum Gasteiger partial charge on any atom is 0.345 e. The van der Waals surface area contributed by atoms with E-state index in [9.17, 15) is 14.4 Å². The molecule has 0 saturated carbocycles. The molecule has 0 spiro atoms. The van der Waals surface area contributed by atoms with Gasteiger partial charge in [-0.2, -0.15) is 5.10 Å². The van der Waals surface area contributed by atoms with E-state index in [4.69, 9.17) is 27.9 Å². The second-order valence-corrected chi connectivity index (χ2v) is 8.49. The number of hydrogen-bond acceptors (Lipinski definition) is 5. The van der Waals surface area contributed by atoms with Crippen LogP contribution in [-0.2, 0) is 0 Å². The van der Waals surface area contributed by atoms with Crippen molar-refractivity contribution in [3.63, 3.8) is 0 Å². The molecule has 2 N–H and O–H groups in total. The van der Waals surface area contributed by atoms with Crippen molar-refractivity contribution in [2.24, 2.45) is 5.10 Å². The van der Waals surface area contributed by atoms with E-state index in [1.165, 1.54) is 24.4 Å². The molecule has 184 valence electrons. The minimum atomic E-state index is -0.661. The Labute approximate surface area is 222 Å². The van der Waals surface area contributed by atoms with Crippen molar-refractivity contribution < 1.29 is 19.1 Å². The molecular formula is C28H19Cl2N3O4.